The minimum Gasteiger partial charge on any atom is -0.857 e. The quantitative estimate of drug-likeness (QED) is 0.473. The maximum Gasteiger partial charge on any atom is 3.00 e. The van der Waals surface area contributed by atoms with Crippen LogP contribution in [0.15, 0.2) is 16.7 Å². The van der Waals surface area contributed by atoms with Crippen LogP contribution < -0.4 is 10.2 Å². The summed E-state index contributed by atoms with van der Waals surface area (Å²) in [6.45, 7) is 10.9. The monoisotopic (exact) mass is 245 g/mol. The fraction of sp³-hybridized carbons (Fsp3) is 0.667. The molecule has 0 bridgehead atoms. The first-order chi connectivity index (χ1) is 6.45. The van der Waals surface area contributed by atoms with Crippen LogP contribution in [0.1, 0.15) is 34.6 Å². The molecule has 1 radical (unpaired) electrons. The van der Waals surface area contributed by atoms with Crippen molar-refractivity contribution in [1.29, 1.82) is 0 Å². The van der Waals surface area contributed by atoms with E-state index in [-0.39, 0.29) is 27.1 Å². The van der Waals surface area contributed by atoms with Gasteiger partial charge in [0, 0.05) is 0 Å². The van der Waals surface area contributed by atoms with Crippen molar-refractivity contribution >= 4 is 0 Å². The summed E-state index contributed by atoms with van der Waals surface area (Å²) in [5, 5.41) is 16.5. The molecule has 0 heterocycles. The second kappa shape index (κ2) is 9.35. The molecule has 0 amide bonds. The molecule has 0 aromatic heterocycles. The molecule has 0 aromatic carbocycles. The van der Waals surface area contributed by atoms with Gasteiger partial charge >= 0.3 is 21.7 Å². The van der Waals surface area contributed by atoms with E-state index in [1.807, 2.05) is 0 Å². The summed E-state index contributed by atoms with van der Waals surface area (Å²) in [6, 6.07) is 0. The maximum absolute atomic E-state index is 8.25. The zero-order valence-corrected chi connectivity index (χ0v) is 12.4. The molecule has 0 saturated heterocycles. The first-order valence-electron chi connectivity index (χ1n) is 4.57. The van der Waals surface area contributed by atoms with E-state index in [0.29, 0.717) is 0 Å². The molecule has 0 aromatic rings. The minimum atomic E-state index is 0. The average Bonchev–Trinajstić information content (AvgIpc) is 2.36. The molecule has 15 heavy (non-hydrogen) atoms. The predicted octanol–water partition coefficient (Wildman–Crippen LogP) is 1.06. The normalized spacial score (nSPS) is 16.5. The third-order valence-corrected chi connectivity index (χ3v) is 2.56. The largest absolute Gasteiger partial charge is 3.00 e. The van der Waals surface area contributed by atoms with Gasteiger partial charge in [0.1, 0.15) is 0 Å². The van der Waals surface area contributed by atoms with Gasteiger partial charge in [-0.2, -0.15) is 25.4 Å². The predicted molar refractivity (Wildman–Crippen MR) is 56.4 cm³/mol. The molecule has 1 aliphatic rings. The summed E-state index contributed by atoms with van der Waals surface area (Å²) in [4.78, 5) is 0. The van der Waals surface area contributed by atoms with Crippen molar-refractivity contribution in [1.82, 2.24) is 0 Å². The van der Waals surface area contributed by atoms with E-state index in [2.05, 4.69) is 40.7 Å². The minimum absolute atomic E-state index is 0. The van der Waals surface area contributed by atoms with Gasteiger partial charge in [0.2, 0.25) is 0 Å². The molecule has 85 valence electrons. The second-order valence-electron chi connectivity index (χ2n) is 3.62. The summed E-state index contributed by atoms with van der Waals surface area (Å²) in [5.41, 5.74) is 4.39. The number of hydrogen-bond donors (Lipinski definition) is 0. The van der Waals surface area contributed by atoms with Gasteiger partial charge < -0.3 is 10.2 Å². The van der Waals surface area contributed by atoms with Crippen LogP contribution in [0.2, 0.25) is 0 Å². The third kappa shape index (κ3) is 5.67. The molecule has 0 spiro atoms. The first kappa shape index (κ1) is 20.5. The van der Waals surface area contributed by atoms with Crippen LogP contribution in [0.4, 0.5) is 0 Å². The molecule has 1 rings (SSSR count). The molecule has 0 fully saturated rings. The van der Waals surface area contributed by atoms with Crippen molar-refractivity contribution in [2.45, 2.75) is 34.6 Å². The van der Waals surface area contributed by atoms with E-state index in [0.717, 1.165) is 14.2 Å². The number of rotatable bonds is 0. The Bertz CT molecular complexity index is 228. The molecule has 0 N–H and O–H groups in total. The zero-order valence-electron chi connectivity index (χ0n) is 10.8. The van der Waals surface area contributed by atoms with Gasteiger partial charge in [0.15, 0.2) is 0 Å². The third-order valence-electron chi connectivity index (χ3n) is 2.56. The smallest absolute Gasteiger partial charge is 0.857 e. The van der Waals surface area contributed by atoms with Crippen LogP contribution in [-0.4, -0.2) is 14.2 Å². The van der Waals surface area contributed by atoms with Crippen molar-refractivity contribution < 1.29 is 31.9 Å². The van der Waals surface area contributed by atoms with E-state index < -0.39 is 0 Å². The van der Waals surface area contributed by atoms with E-state index >= 15 is 0 Å². The van der Waals surface area contributed by atoms with Gasteiger partial charge in [-0.15, -0.1) is 6.92 Å². The fourth-order valence-corrected chi connectivity index (χ4v) is 1.41. The molecular formula is C12H21O2Ti. The van der Waals surface area contributed by atoms with Crippen molar-refractivity contribution in [3.8, 4) is 0 Å². The number of allylic oxidation sites excluding steroid dienone is 4. The molecule has 1 aliphatic carbocycles. The van der Waals surface area contributed by atoms with Gasteiger partial charge in [-0.05, 0) is 0 Å². The van der Waals surface area contributed by atoms with Crippen molar-refractivity contribution in [2.24, 2.45) is 5.41 Å². The van der Waals surface area contributed by atoms with Crippen LogP contribution in [0.3, 0.4) is 0 Å². The van der Waals surface area contributed by atoms with Gasteiger partial charge in [-0.1, -0.05) is 33.1 Å². The van der Waals surface area contributed by atoms with Crippen LogP contribution in [0.5, 0.6) is 0 Å². The summed E-state index contributed by atoms with van der Waals surface area (Å²) in [7, 11) is 1.50. The number of hydrogen-bond acceptors (Lipinski definition) is 2. The summed E-state index contributed by atoms with van der Waals surface area (Å²) < 4.78 is 0. The molecule has 2 nitrogen and oxygen atoms in total. The Morgan fingerprint density at radius 1 is 0.933 bits per heavy atom. The first-order valence-corrected chi connectivity index (χ1v) is 4.57. The van der Waals surface area contributed by atoms with Crippen molar-refractivity contribution in [3.63, 3.8) is 0 Å². The SMILES string of the molecule is CC1=[C-]C(C)(C)C(C)=C1C.C[O-].C[O-].[Ti+3]. The van der Waals surface area contributed by atoms with E-state index in [9.17, 15) is 0 Å². The Kier molecular flexibility index (Phi) is 12.8. The van der Waals surface area contributed by atoms with E-state index in [4.69, 9.17) is 10.2 Å². The Balaban J connectivity index is -0.000000258. The van der Waals surface area contributed by atoms with Crippen LogP contribution in [-0.2, 0) is 21.7 Å². The van der Waals surface area contributed by atoms with Crippen LogP contribution >= 0.6 is 0 Å². The second-order valence-corrected chi connectivity index (χ2v) is 3.62. The fourth-order valence-electron chi connectivity index (χ4n) is 1.41. The topological polar surface area (TPSA) is 46.1 Å². The Labute approximate surface area is 109 Å². The van der Waals surface area contributed by atoms with Gasteiger partial charge in [-0.25, -0.2) is 5.57 Å². The molecule has 0 aliphatic heterocycles. The van der Waals surface area contributed by atoms with Crippen molar-refractivity contribution in [3.05, 3.63) is 22.8 Å². The van der Waals surface area contributed by atoms with Gasteiger partial charge in [0.25, 0.3) is 0 Å². The van der Waals surface area contributed by atoms with Gasteiger partial charge in [-0.3, -0.25) is 6.08 Å². The summed E-state index contributed by atoms with van der Waals surface area (Å²) >= 11 is 0. The maximum atomic E-state index is 8.25. The molecular weight excluding hydrogens is 224 g/mol. The summed E-state index contributed by atoms with van der Waals surface area (Å²) in [5.74, 6) is 0. The van der Waals surface area contributed by atoms with Crippen molar-refractivity contribution in [2.75, 3.05) is 14.2 Å². The summed E-state index contributed by atoms with van der Waals surface area (Å²) in [6.07, 6.45) is 3.44. The zero-order chi connectivity index (χ0) is 11.9. The Hall–Kier alpha value is 0.114. The van der Waals surface area contributed by atoms with Gasteiger partial charge in [0.05, 0.1) is 0 Å². The average molecular weight is 245 g/mol. The van der Waals surface area contributed by atoms with Crippen LogP contribution in [0, 0.1) is 11.5 Å². The molecule has 3 heteroatoms. The standard InChI is InChI=1S/C10H15.2CH3O.Ti/c1-7-6-10(4,5)9(3)8(7)2;2*1-2;/h1-5H3;2*1H3;/q3*-1;+3. The molecule has 0 atom stereocenters. The van der Waals surface area contributed by atoms with Crippen LogP contribution in [0.25, 0.3) is 0 Å². The molecule has 0 saturated carbocycles. The Morgan fingerprint density at radius 2 is 1.27 bits per heavy atom. The molecule has 0 unspecified atom stereocenters. The Morgan fingerprint density at radius 3 is 1.33 bits per heavy atom. The van der Waals surface area contributed by atoms with E-state index in [1.54, 1.807) is 0 Å². The van der Waals surface area contributed by atoms with E-state index in [1.165, 1.54) is 16.7 Å².